The Labute approximate surface area is 149 Å². The van der Waals surface area contributed by atoms with Gasteiger partial charge >= 0.3 is 0 Å². The van der Waals surface area contributed by atoms with Crippen LogP contribution in [0.3, 0.4) is 0 Å². The second-order valence-electron chi connectivity index (χ2n) is 7.20. The second kappa shape index (κ2) is 5.54. The highest BCUT2D eigenvalue weighted by Crippen LogP contribution is 2.40. The van der Waals surface area contributed by atoms with Crippen molar-refractivity contribution in [1.82, 2.24) is 24.9 Å². The number of fused-ring (bicyclic) bond motifs is 2. The fraction of sp³-hybridized carbons (Fsp3) is 0.625. The Morgan fingerprint density at radius 1 is 1.28 bits per heavy atom. The van der Waals surface area contributed by atoms with Crippen LogP contribution in [0.2, 0.25) is 5.02 Å². The minimum Gasteiger partial charge on any atom is -0.424 e. The van der Waals surface area contributed by atoms with Gasteiger partial charge in [0.15, 0.2) is 0 Å². The van der Waals surface area contributed by atoms with E-state index >= 15 is 0 Å². The number of hydrogen-bond donors (Lipinski definition) is 0. The Morgan fingerprint density at radius 2 is 2.04 bits per heavy atom. The van der Waals surface area contributed by atoms with Crippen LogP contribution in [0.4, 0.5) is 5.69 Å². The Bertz CT molecular complexity index is 864. The largest absolute Gasteiger partial charge is 0.424 e. The summed E-state index contributed by atoms with van der Waals surface area (Å²) in [6.45, 7) is 2.36. The monoisotopic (exact) mass is 362 g/mol. The number of rotatable bonds is 4. The lowest BCUT2D eigenvalue weighted by atomic mass is 9.87. The number of piperazine rings is 1. The molecule has 9 heteroatoms. The van der Waals surface area contributed by atoms with Crippen molar-refractivity contribution in [1.29, 1.82) is 0 Å². The first kappa shape index (κ1) is 15.3. The third-order valence-corrected chi connectivity index (χ3v) is 5.83. The highest BCUT2D eigenvalue weighted by atomic mass is 35.5. The first-order valence-electron chi connectivity index (χ1n) is 8.65. The van der Waals surface area contributed by atoms with E-state index in [0.29, 0.717) is 30.4 Å². The number of anilines is 1. The fourth-order valence-corrected chi connectivity index (χ4v) is 4.14. The molecule has 5 heterocycles. The number of aromatic nitrogens is 4. The van der Waals surface area contributed by atoms with Gasteiger partial charge < -0.3 is 9.32 Å². The van der Waals surface area contributed by atoms with Crippen LogP contribution in [0.1, 0.15) is 37.0 Å². The summed E-state index contributed by atoms with van der Waals surface area (Å²) in [4.78, 5) is 16.6. The highest BCUT2D eigenvalue weighted by Gasteiger charge is 2.45. The third-order valence-electron chi connectivity index (χ3n) is 5.47. The smallest absolute Gasteiger partial charge is 0.287 e. The van der Waals surface area contributed by atoms with Crippen LogP contribution < -0.4 is 10.5 Å². The molecule has 8 nitrogen and oxygen atoms in total. The van der Waals surface area contributed by atoms with Gasteiger partial charge in [0.25, 0.3) is 5.56 Å². The van der Waals surface area contributed by atoms with Crippen molar-refractivity contribution in [3.05, 3.63) is 33.4 Å². The summed E-state index contributed by atoms with van der Waals surface area (Å²) in [5.74, 6) is 1.99. The molecule has 6 rings (SSSR count). The third kappa shape index (κ3) is 2.55. The molecule has 0 spiro atoms. The molecular formula is C16H19ClN6O2. The van der Waals surface area contributed by atoms with Crippen molar-refractivity contribution in [2.45, 2.75) is 43.8 Å². The summed E-state index contributed by atoms with van der Waals surface area (Å²) in [5.41, 5.74) is 0.474. The molecule has 25 heavy (non-hydrogen) atoms. The quantitative estimate of drug-likeness (QED) is 0.807. The molecule has 3 saturated heterocycles. The zero-order valence-corrected chi connectivity index (χ0v) is 14.7. The molecule has 1 aliphatic carbocycles. The first-order valence-corrected chi connectivity index (χ1v) is 9.02. The lowest BCUT2D eigenvalue weighted by Gasteiger charge is -2.56. The zero-order valence-electron chi connectivity index (χ0n) is 13.9. The van der Waals surface area contributed by atoms with E-state index in [1.807, 2.05) is 0 Å². The van der Waals surface area contributed by atoms with Gasteiger partial charge in [0.1, 0.15) is 5.02 Å². The van der Waals surface area contributed by atoms with Gasteiger partial charge in [-0.2, -0.15) is 5.10 Å². The van der Waals surface area contributed by atoms with Crippen LogP contribution in [0, 0.1) is 0 Å². The maximum atomic E-state index is 12.0. The van der Waals surface area contributed by atoms with E-state index in [1.165, 1.54) is 4.68 Å². The molecule has 2 atom stereocenters. The average molecular weight is 363 g/mol. The minimum atomic E-state index is -0.256. The minimum absolute atomic E-state index is 0.247. The maximum absolute atomic E-state index is 12.0. The molecule has 2 aromatic rings. The van der Waals surface area contributed by atoms with Crippen molar-refractivity contribution in [2.24, 2.45) is 7.05 Å². The van der Waals surface area contributed by atoms with Crippen LogP contribution in [-0.2, 0) is 13.6 Å². The van der Waals surface area contributed by atoms with Gasteiger partial charge in [-0.05, 0) is 19.3 Å². The van der Waals surface area contributed by atoms with E-state index in [4.69, 9.17) is 16.0 Å². The first-order chi connectivity index (χ1) is 12.1. The van der Waals surface area contributed by atoms with Crippen molar-refractivity contribution < 1.29 is 4.42 Å². The van der Waals surface area contributed by atoms with Crippen molar-refractivity contribution in [3.63, 3.8) is 0 Å². The molecule has 2 bridgehead atoms. The molecule has 0 radical (unpaired) electrons. The van der Waals surface area contributed by atoms with E-state index in [0.717, 1.165) is 43.9 Å². The van der Waals surface area contributed by atoms with Gasteiger partial charge in [-0.15, -0.1) is 10.2 Å². The van der Waals surface area contributed by atoms with Gasteiger partial charge in [-0.25, -0.2) is 4.68 Å². The van der Waals surface area contributed by atoms with Crippen LogP contribution in [0.5, 0.6) is 0 Å². The lowest BCUT2D eigenvalue weighted by molar-refractivity contribution is -0.0150. The SMILES string of the molecule is Cn1ncc(N2CC3CC(C2)N3Cc2nnc(C3CC3)o2)c(Cl)c1=O. The summed E-state index contributed by atoms with van der Waals surface area (Å²) in [7, 11) is 1.60. The summed E-state index contributed by atoms with van der Waals surface area (Å²) in [6, 6.07) is 0.824. The number of halogens is 1. The number of hydrogen-bond acceptors (Lipinski definition) is 7. The summed E-state index contributed by atoms with van der Waals surface area (Å²) in [5, 5.41) is 12.7. The van der Waals surface area contributed by atoms with Crippen LogP contribution in [0.15, 0.2) is 15.4 Å². The lowest BCUT2D eigenvalue weighted by Crippen LogP contribution is -2.68. The Kier molecular flexibility index (Phi) is 3.40. The Morgan fingerprint density at radius 3 is 2.76 bits per heavy atom. The molecule has 4 aliphatic rings. The van der Waals surface area contributed by atoms with E-state index < -0.39 is 0 Å². The molecule has 3 aliphatic heterocycles. The highest BCUT2D eigenvalue weighted by molar-refractivity contribution is 6.33. The van der Waals surface area contributed by atoms with Gasteiger partial charge in [0, 0.05) is 38.1 Å². The molecule has 2 aromatic heterocycles. The van der Waals surface area contributed by atoms with E-state index in [2.05, 4.69) is 25.1 Å². The topological polar surface area (TPSA) is 80.3 Å². The van der Waals surface area contributed by atoms with E-state index in [1.54, 1.807) is 13.2 Å². The van der Waals surface area contributed by atoms with Crippen LogP contribution in [-0.4, -0.2) is 50.1 Å². The maximum Gasteiger partial charge on any atom is 0.287 e. The molecule has 1 saturated carbocycles. The van der Waals surface area contributed by atoms with E-state index in [9.17, 15) is 4.79 Å². The Hall–Kier alpha value is -1.93. The van der Waals surface area contributed by atoms with Crippen molar-refractivity contribution in [2.75, 3.05) is 18.0 Å². The summed E-state index contributed by atoms with van der Waals surface area (Å²) >= 11 is 6.24. The second-order valence-corrected chi connectivity index (χ2v) is 7.58. The van der Waals surface area contributed by atoms with Gasteiger partial charge in [-0.3, -0.25) is 9.69 Å². The molecular weight excluding hydrogens is 344 g/mol. The number of nitrogens with zero attached hydrogens (tertiary/aromatic N) is 6. The Balaban J connectivity index is 1.29. The fourth-order valence-electron chi connectivity index (χ4n) is 3.85. The standard InChI is InChI=1S/C16H19ClN6O2/c1-21-16(24)14(17)12(5-18-21)22-6-10-4-11(7-22)23(10)8-13-19-20-15(25-13)9-2-3-9/h5,9-11H,2-4,6-8H2,1H3. The normalized spacial score (nSPS) is 25.9. The van der Waals surface area contributed by atoms with Crippen molar-refractivity contribution in [3.8, 4) is 0 Å². The van der Waals surface area contributed by atoms with Crippen molar-refractivity contribution >= 4 is 17.3 Å². The molecule has 132 valence electrons. The summed E-state index contributed by atoms with van der Waals surface area (Å²) < 4.78 is 7.05. The summed E-state index contributed by atoms with van der Waals surface area (Å²) in [6.07, 6.45) is 5.16. The molecule has 2 unspecified atom stereocenters. The van der Waals surface area contributed by atoms with Gasteiger partial charge in [0.05, 0.1) is 18.4 Å². The molecule has 0 N–H and O–H groups in total. The van der Waals surface area contributed by atoms with E-state index in [-0.39, 0.29) is 10.6 Å². The predicted octanol–water partition coefficient (Wildman–Crippen LogP) is 1.16. The van der Waals surface area contributed by atoms with Crippen LogP contribution >= 0.6 is 11.6 Å². The van der Waals surface area contributed by atoms with Gasteiger partial charge in [-0.1, -0.05) is 11.6 Å². The zero-order chi connectivity index (χ0) is 17.1. The van der Waals surface area contributed by atoms with Gasteiger partial charge in [0.2, 0.25) is 11.8 Å². The molecule has 0 aromatic carbocycles. The molecule has 4 fully saturated rings. The number of aryl methyl sites for hydroxylation is 1. The number of piperidine rings is 1. The van der Waals surface area contributed by atoms with Crippen LogP contribution in [0.25, 0.3) is 0 Å². The predicted molar refractivity (Wildman–Crippen MR) is 90.7 cm³/mol. The molecule has 0 amide bonds. The average Bonchev–Trinajstić information content (AvgIpc) is 3.36.